The Labute approximate surface area is 149 Å². The van der Waals surface area contributed by atoms with Crippen molar-refractivity contribution >= 4 is 18.3 Å². The first-order valence-corrected chi connectivity index (χ1v) is 7.96. The van der Waals surface area contributed by atoms with Crippen LogP contribution in [0.2, 0.25) is 0 Å². The van der Waals surface area contributed by atoms with Crippen molar-refractivity contribution in [2.75, 3.05) is 26.7 Å². The standard InChI is InChI=1S/C19H22N2O2.ClH/c1-23-18-10-6-5-9-16(18)17-14-20-11-12-21(17)19(22)13-15-7-3-2-4-8-15;/h2-10,17,20H,11-14H2,1H3;1H. The van der Waals surface area contributed by atoms with Crippen molar-refractivity contribution in [3.63, 3.8) is 0 Å². The lowest BCUT2D eigenvalue weighted by atomic mass is 10.0. The third kappa shape index (κ3) is 4.08. The lowest BCUT2D eigenvalue weighted by Crippen LogP contribution is -2.49. The number of para-hydroxylation sites is 1. The summed E-state index contributed by atoms with van der Waals surface area (Å²) in [5.41, 5.74) is 2.11. The van der Waals surface area contributed by atoms with Gasteiger partial charge in [-0.25, -0.2) is 0 Å². The highest BCUT2D eigenvalue weighted by atomic mass is 35.5. The third-order valence-corrected chi connectivity index (χ3v) is 4.26. The average molecular weight is 347 g/mol. The van der Waals surface area contributed by atoms with Gasteiger partial charge >= 0.3 is 0 Å². The van der Waals surface area contributed by atoms with Gasteiger partial charge in [0.2, 0.25) is 5.91 Å². The second-order valence-electron chi connectivity index (χ2n) is 5.71. The second kappa shape index (κ2) is 8.71. The van der Waals surface area contributed by atoms with Crippen molar-refractivity contribution in [2.24, 2.45) is 0 Å². The SMILES string of the molecule is COc1ccccc1C1CNCCN1C(=O)Cc1ccccc1.Cl. The minimum Gasteiger partial charge on any atom is -0.496 e. The summed E-state index contributed by atoms with van der Waals surface area (Å²) in [6.07, 6.45) is 0.437. The van der Waals surface area contributed by atoms with Gasteiger partial charge in [-0.2, -0.15) is 0 Å². The monoisotopic (exact) mass is 346 g/mol. The van der Waals surface area contributed by atoms with Crippen LogP contribution in [-0.2, 0) is 11.2 Å². The molecule has 0 aliphatic carbocycles. The fourth-order valence-electron chi connectivity index (χ4n) is 3.09. The number of carbonyl (C=O) groups is 1. The molecule has 128 valence electrons. The molecule has 1 amide bonds. The molecule has 5 heteroatoms. The zero-order valence-electron chi connectivity index (χ0n) is 13.8. The van der Waals surface area contributed by atoms with E-state index in [0.717, 1.165) is 30.0 Å². The first-order chi connectivity index (χ1) is 11.3. The van der Waals surface area contributed by atoms with E-state index in [2.05, 4.69) is 5.32 Å². The molecule has 1 heterocycles. The van der Waals surface area contributed by atoms with Gasteiger partial charge < -0.3 is 15.0 Å². The number of benzene rings is 2. The lowest BCUT2D eigenvalue weighted by molar-refractivity contribution is -0.133. The Hall–Kier alpha value is -2.04. The molecular formula is C19H23ClN2O2. The quantitative estimate of drug-likeness (QED) is 0.925. The van der Waals surface area contributed by atoms with Gasteiger partial charge in [0.15, 0.2) is 0 Å². The maximum atomic E-state index is 12.8. The second-order valence-corrected chi connectivity index (χ2v) is 5.71. The van der Waals surface area contributed by atoms with Crippen molar-refractivity contribution in [3.8, 4) is 5.75 Å². The minimum atomic E-state index is 0. The molecule has 0 bridgehead atoms. The van der Waals surface area contributed by atoms with Gasteiger partial charge in [-0.15, -0.1) is 12.4 Å². The van der Waals surface area contributed by atoms with Crippen molar-refractivity contribution in [2.45, 2.75) is 12.5 Å². The number of carbonyl (C=O) groups excluding carboxylic acids is 1. The van der Waals surface area contributed by atoms with Crippen molar-refractivity contribution in [3.05, 3.63) is 65.7 Å². The average Bonchev–Trinajstić information content (AvgIpc) is 2.62. The Morgan fingerprint density at radius 2 is 1.88 bits per heavy atom. The molecule has 24 heavy (non-hydrogen) atoms. The molecule has 1 unspecified atom stereocenters. The van der Waals surface area contributed by atoms with Crippen LogP contribution >= 0.6 is 12.4 Å². The van der Waals surface area contributed by atoms with E-state index in [1.54, 1.807) is 7.11 Å². The van der Waals surface area contributed by atoms with Gasteiger partial charge in [0.25, 0.3) is 0 Å². The number of halogens is 1. The molecule has 0 aromatic heterocycles. The molecule has 1 aliphatic rings. The van der Waals surface area contributed by atoms with Crippen molar-refractivity contribution < 1.29 is 9.53 Å². The highest BCUT2D eigenvalue weighted by Gasteiger charge is 2.29. The number of piperazine rings is 1. The summed E-state index contributed by atoms with van der Waals surface area (Å²) in [5.74, 6) is 0.993. The van der Waals surface area contributed by atoms with E-state index < -0.39 is 0 Å². The number of ether oxygens (including phenoxy) is 1. The molecule has 0 saturated carbocycles. The minimum absolute atomic E-state index is 0. The largest absolute Gasteiger partial charge is 0.496 e. The van der Waals surface area contributed by atoms with E-state index in [9.17, 15) is 4.79 Å². The number of hydrogen-bond donors (Lipinski definition) is 1. The van der Waals surface area contributed by atoms with E-state index in [-0.39, 0.29) is 24.4 Å². The Bertz CT molecular complexity index is 663. The fourth-order valence-corrected chi connectivity index (χ4v) is 3.09. The van der Waals surface area contributed by atoms with Crippen molar-refractivity contribution in [1.29, 1.82) is 0 Å². The Morgan fingerprint density at radius 3 is 2.62 bits per heavy atom. The van der Waals surface area contributed by atoms with Crippen LogP contribution in [0.15, 0.2) is 54.6 Å². The van der Waals surface area contributed by atoms with E-state index in [4.69, 9.17) is 4.74 Å². The zero-order valence-corrected chi connectivity index (χ0v) is 14.6. The number of nitrogens with one attached hydrogen (secondary N) is 1. The number of amides is 1. The first kappa shape index (κ1) is 18.3. The summed E-state index contributed by atoms with van der Waals surface area (Å²) in [4.78, 5) is 14.8. The number of nitrogens with zero attached hydrogens (tertiary/aromatic N) is 1. The van der Waals surface area contributed by atoms with Crippen molar-refractivity contribution in [1.82, 2.24) is 10.2 Å². The maximum Gasteiger partial charge on any atom is 0.227 e. The van der Waals surface area contributed by atoms with Gasteiger partial charge in [0.05, 0.1) is 19.6 Å². The van der Waals surface area contributed by atoms with Crippen LogP contribution in [0.25, 0.3) is 0 Å². The van der Waals surface area contributed by atoms with Crippen LogP contribution in [0.5, 0.6) is 5.75 Å². The lowest BCUT2D eigenvalue weighted by Gasteiger charge is -2.37. The molecule has 0 radical (unpaired) electrons. The van der Waals surface area contributed by atoms with E-state index in [1.807, 2.05) is 59.5 Å². The fraction of sp³-hybridized carbons (Fsp3) is 0.316. The van der Waals surface area contributed by atoms with Crippen LogP contribution < -0.4 is 10.1 Å². The third-order valence-electron chi connectivity index (χ3n) is 4.26. The molecule has 1 atom stereocenters. The molecule has 4 nitrogen and oxygen atoms in total. The van der Waals surface area contributed by atoms with Gasteiger partial charge in [0.1, 0.15) is 5.75 Å². The van der Waals surface area contributed by atoms with Crippen LogP contribution in [-0.4, -0.2) is 37.6 Å². The summed E-state index contributed by atoms with van der Waals surface area (Å²) >= 11 is 0. The van der Waals surface area contributed by atoms with Gasteiger partial charge in [-0.3, -0.25) is 4.79 Å². The van der Waals surface area contributed by atoms with Crippen LogP contribution in [0.3, 0.4) is 0 Å². The molecule has 1 saturated heterocycles. The summed E-state index contributed by atoms with van der Waals surface area (Å²) in [7, 11) is 1.67. The van der Waals surface area contributed by atoms with E-state index in [0.29, 0.717) is 13.0 Å². The molecule has 0 spiro atoms. The molecular weight excluding hydrogens is 324 g/mol. The number of hydrogen-bond acceptors (Lipinski definition) is 3. The zero-order chi connectivity index (χ0) is 16.1. The van der Waals surface area contributed by atoms with Crippen LogP contribution in [0.4, 0.5) is 0 Å². The summed E-state index contributed by atoms with van der Waals surface area (Å²) in [6, 6.07) is 17.9. The normalized spacial score (nSPS) is 17.0. The van der Waals surface area contributed by atoms with E-state index in [1.165, 1.54) is 0 Å². The Balaban J connectivity index is 0.00000208. The number of methoxy groups -OCH3 is 1. The van der Waals surface area contributed by atoms with Gasteiger partial charge in [0, 0.05) is 25.2 Å². The maximum absolute atomic E-state index is 12.8. The van der Waals surface area contributed by atoms with Gasteiger partial charge in [-0.1, -0.05) is 48.5 Å². The Morgan fingerprint density at radius 1 is 1.17 bits per heavy atom. The Kier molecular flexibility index (Phi) is 6.64. The van der Waals surface area contributed by atoms with E-state index >= 15 is 0 Å². The predicted molar refractivity (Wildman–Crippen MR) is 97.7 cm³/mol. The van der Waals surface area contributed by atoms with Crippen LogP contribution in [0.1, 0.15) is 17.2 Å². The molecule has 1 aliphatic heterocycles. The molecule has 3 rings (SSSR count). The number of rotatable bonds is 4. The molecule has 2 aromatic carbocycles. The smallest absolute Gasteiger partial charge is 0.227 e. The topological polar surface area (TPSA) is 41.6 Å². The highest BCUT2D eigenvalue weighted by Crippen LogP contribution is 2.30. The molecule has 1 fully saturated rings. The summed E-state index contributed by atoms with van der Waals surface area (Å²) in [6.45, 7) is 2.29. The summed E-state index contributed by atoms with van der Waals surface area (Å²) in [5, 5.41) is 3.38. The predicted octanol–water partition coefficient (Wildman–Crippen LogP) is 2.83. The molecule has 1 N–H and O–H groups in total. The first-order valence-electron chi connectivity index (χ1n) is 7.96. The van der Waals surface area contributed by atoms with Gasteiger partial charge in [-0.05, 0) is 11.6 Å². The van der Waals surface area contributed by atoms with Crippen LogP contribution in [0, 0.1) is 0 Å². The molecule has 2 aromatic rings. The highest BCUT2D eigenvalue weighted by molar-refractivity contribution is 5.85. The summed E-state index contributed by atoms with van der Waals surface area (Å²) < 4.78 is 5.48.